The first-order valence-corrected chi connectivity index (χ1v) is 11.0. The van der Waals surface area contributed by atoms with Crippen LogP contribution in [0.2, 0.25) is 0 Å². The number of hydrogen-bond acceptors (Lipinski definition) is 7. The van der Waals surface area contributed by atoms with Crippen LogP contribution in [0.25, 0.3) is 0 Å². The lowest BCUT2D eigenvalue weighted by molar-refractivity contribution is -0.119. The van der Waals surface area contributed by atoms with E-state index in [1.54, 1.807) is 18.2 Å². The maximum Gasteiger partial charge on any atom is 0.258 e. The highest BCUT2D eigenvalue weighted by Crippen LogP contribution is 2.41. The molecule has 1 aromatic heterocycles. The van der Waals surface area contributed by atoms with E-state index in [4.69, 9.17) is 9.47 Å². The van der Waals surface area contributed by atoms with Crippen LogP contribution in [0.15, 0.2) is 41.2 Å². The predicted molar refractivity (Wildman–Crippen MR) is 126 cm³/mol. The second-order valence-electron chi connectivity index (χ2n) is 8.45. The molecule has 34 heavy (non-hydrogen) atoms. The second-order valence-corrected chi connectivity index (χ2v) is 8.45. The van der Waals surface area contributed by atoms with Crippen LogP contribution in [-0.4, -0.2) is 29.1 Å². The molecule has 3 N–H and O–H groups in total. The molecule has 2 aliphatic rings. The molecule has 3 aromatic rings. The Hall–Kier alpha value is -4.32. The van der Waals surface area contributed by atoms with Gasteiger partial charge in [0.25, 0.3) is 5.56 Å². The zero-order valence-electron chi connectivity index (χ0n) is 18.8. The van der Waals surface area contributed by atoms with E-state index in [2.05, 4.69) is 20.6 Å². The maximum absolute atomic E-state index is 13.3. The van der Waals surface area contributed by atoms with E-state index in [0.717, 1.165) is 23.2 Å². The molecule has 0 bridgehead atoms. The van der Waals surface area contributed by atoms with Gasteiger partial charge in [0.05, 0.1) is 24.8 Å². The number of rotatable bonds is 3. The molecule has 2 atom stereocenters. The summed E-state index contributed by atoms with van der Waals surface area (Å²) >= 11 is 0. The smallest absolute Gasteiger partial charge is 0.258 e. The molecule has 0 radical (unpaired) electrons. The monoisotopic (exact) mass is 457 g/mol. The number of benzene rings is 2. The Morgan fingerprint density at radius 1 is 1.09 bits per heavy atom. The highest BCUT2D eigenvalue weighted by atomic mass is 16.5. The lowest BCUT2D eigenvalue weighted by atomic mass is 9.79. The van der Waals surface area contributed by atoms with Crippen molar-refractivity contribution in [2.75, 3.05) is 23.8 Å². The minimum Gasteiger partial charge on any atom is -0.490 e. The van der Waals surface area contributed by atoms with Gasteiger partial charge in [-0.25, -0.2) is 0 Å². The first kappa shape index (κ1) is 21.5. The van der Waals surface area contributed by atoms with Crippen molar-refractivity contribution in [1.29, 1.82) is 5.26 Å². The Bertz CT molecular complexity index is 1390. The van der Waals surface area contributed by atoms with Crippen LogP contribution in [0.4, 0.5) is 17.5 Å². The van der Waals surface area contributed by atoms with E-state index in [9.17, 15) is 14.9 Å². The normalized spacial score (nSPS) is 18.8. The molecule has 2 aromatic carbocycles. The summed E-state index contributed by atoms with van der Waals surface area (Å²) < 4.78 is 11.5. The minimum atomic E-state index is -1.10. The number of nitrogens with zero attached hydrogens (tertiary/aromatic N) is 2. The fraction of sp³-hybridized carbons (Fsp3) is 0.280. The standard InChI is InChI=1S/C25H23N5O4/c1-13-4-6-17(14(2)10-13)27-25-29-22-21(24(32)30-25)20(16(12-26)23(31)28-22)15-5-7-18-19(11-15)34-9-3-8-33-18/h4-7,10-11,16,20H,3,8-9H2,1-2H3,(H3,27,28,29,30,31,32). The average molecular weight is 457 g/mol. The molecule has 2 aliphatic heterocycles. The average Bonchev–Trinajstić information content (AvgIpc) is 3.05. The minimum absolute atomic E-state index is 0.129. The number of fused-ring (bicyclic) bond motifs is 2. The van der Waals surface area contributed by atoms with Crippen molar-refractivity contribution in [3.8, 4) is 17.6 Å². The first-order valence-electron chi connectivity index (χ1n) is 11.0. The Kier molecular flexibility index (Phi) is 5.42. The van der Waals surface area contributed by atoms with Crippen molar-refractivity contribution in [2.45, 2.75) is 26.2 Å². The van der Waals surface area contributed by atoms with Gasteiger partial charge in [0.1, 0.15) is 11.7 Å². The number of carbonyl (C=O) groups excluding carboxylic acids is 1. The predicted octanol–water partition coefficient (Wildman–Crippen LogP) is 3.52. The number of aromatic amines is 1. The molecule has 0 saturated carbocycles. The van der Waals surface area contributed by atoms with Crippen LogP contribution in [0.1, 0.15) is 34.6 Å². The number of H-pyrrole nitrogens is 1. The molecule has 0 aliphatic carbocycles. The molecule has 5 rings (SSSR count). The SMILES string of the molecule is Cc1ccc(Nc2nc3c(c(=O)[nH]2)C(c2ccc4c(c2)OCCCO4)C(C#N)C(=O)N3)c(C)c1. The second kappa shape index (κ2) is 8.56. The molecular weight excluding hydrogens is 434 g/mol. The van der Waals surface area contributed by atoms with Crippen molar-refractivity contribution in [3.63, 3.8) is 0 Å². The van der Waals surface area contributed by atoms with Gasteiger partial charge in [0.2, 0.25) is 11.9 Å². The number of nitrogens with one attached hydrogen (secondary N) is 3. The zero-order valence-corrected chi connectivity index (χ0v) is 18.8. The highest BCUT2D eigenvalue weighted by Gasteiger charge is 2.40. The molecule has 1 amide bonds. The number of aryl methyl sites for hydroxylation is 2. The fourth-order valence-corrected chi connectivity index (χ4v) is 4.38. The van der Waals surface area contributed by atoms with Crippen LogP contribution in [0, 0.1) is 31.1 Å². The molecule has 9 nitrogen and oxygen atoms in total. The number of amides is 1. The summed E-state index contributed by atoms with van der Waals surface area (Å²) in [6.45, 7) is 4.99. The Morgan fingerprint density at radius 2 is 1.88 bits per heavy atom. The van der Waals surface area contributed by atoms with Gasteiger partial charge >= 0.3 is 0 Å². The van der Waals surface area contributed by atoms with Gasteiger partial charge in [-0.3, -0.25) is 14.6 Å². The summed E-state index contributed by atoms with van der Waals surface area (Å²) in [7, 11) is 0. The molecule has 0 spiro atoms. The summed E-state index contributed by atoms with van der Waals surface area (Å²) in [6.07, 6.45) is 0.749. The van der Waals surface area contributed by atoms with Crippen LogP contribution in [0.3, 0.4) is 0 Å². The van der Waals surface area contributed by atoms with Gasteiger partial charge in [-0.05, 0) is 43.2 Å². The summed E-state index contributed by atoms with van der Waals surface area (Å²) in [4.78, 5) is 33.3. The van der Waals surface area contributed by atoms with Gasteiger partial charge in [-0.1, -0.05) is 23.8 Å². The lowest BCUT2D eigenvalue weighted by Gasteiger charge is -2.28. The highest BCUT2D eigenvalue weighted by molar-refractivity contribution is 5.98. The Balaban J connectivity index is 1.58. The van der Waals surface area contributed by atoms with Gasteiger partial charge in [0.15, 0.2) is 11.5 Å². The van der Waals surface area contributed by atoms with E-state index in [-0.39, 0.29) is 17.3 Å². The number of hydrogen-bond donors (Lipinski definition) is 3. The van der Waals surface area contributed by atoms with Gasteiger partial charge < -0.3 is 20.1 Å². The third-order valence-electron chi connectivity index (χ3n) is 6.03. The Labute approximate surface area is 195 Å². The van der Waals surface area contributed by atoms with Crippen molar-refractivity contribution < 1.29 is 14.3 Å². The van der Waals surface area contributed by atoms with Crippen molar-refractivity contribution in [3.05, 3.63) is 69.0 Å². The van der Waals surface area contributed by atoms with Crippen molar-refractivity contribution in [1.82, 2.24) is 9.97 Å². The topological polar surface area (TPSA) is 129 Å². The van der Waals surface area contributed by atoms with Crippen molar-refractivity contribution >= 4 is 23.4 Å². The number of anilines is 3. The van der Waals surface area contributed by atoms with Crippen LogP contribution in [-0.2, 0) is 4.79 Å². The summed E-state index contributed by atoms with van der Waals surface area (Å²) in [5.41, 5.74) is 3.28. The Morgan fingerprint density at radius 3 is 2.65 bits per heavy atom. The van der Waals surface area contributed by atoms with E-state index in [1.807, 2.05) is 38.1 Å². The molecular formula is C25H23N5O4. The van der Waals surface area contributed by atoms with Crippen LogP contribution < -0.4 is 25.7 Å². The van der Waals surface area contributed by atoms with Crippen LogP contribution in [0.5, 0.6) is 11.5 Å². The van der Waals surface area contributed by atoms with Gasteiger partial charge in [-0.15, -0.1) is 0 Å². The molecule has 9 heteroatoms. The molecule has 172 valence electrons. The number of carbonyl (C=O) groups is 1. The number of aromatic nitrogens is 2. The number of nitriles is 1. The van der Waals surface area contributed by atoms with Crippen LogP contribution >= 0.6 is 0 Å². The largest absolute Gasteiger partial charge is 0.490 e. The molecule has 2 unspecified atom stereocenters. The number of ether oxygens (including phenoxy) is 2. The van der Waals surface area contributed by atoms with E-state index >= 15 is 0 Å². The lowest BCUT2D eigenvalue weighted by Crippen LogP contribution is -2.38. The third-order valence-corrected chi connectivity index (χ3v) is 6.03. The van der Waals surface area contributed by atoms with E-state index in [0.29, 0.717) is 30.3 Å². The fourth-order valence-electron chi connectivity index (χ4n) is 4.38. The van der Waals surface area contributed by atoms with Gasteiger partial charge in [0, 0.05) is 18.0 Å². The molecule has 3 heterocycles. The van der Waals surface area contributed by atoms with E-state index < -0.39 is 23.3 Å². The third kappa shape index (κ3) is 3.83. The molecule has 0 saturated heterocycles. The molecule has 0 fully saturated rings. The zero-order chi connectivity index (χ0) is 23.8. The summed E-state index contributed by atoms with van der Waals surface area (Å²) in [6, 6.07) is 13.1. The van der Waals surface area contributed by atoms with Crippen molar-refractivity contribution in [2.24, 2.45) is 5.92 Å². The maximum atomic E-state index is 13.3. The van der Waals surface area contributed by atoms with E-state index in [1.165, 1.54) is 0 Å². The summed E-state index contributed by atoms with van der Waals surface area (Å²) in [5, 5.41) is 15.5. The quantitative estimate of drug-likeness (QED) is 0.549. The summed E-state index contributed by atoms with van der Waals surface area (Å²) in [5.74, 6) is -0.973. The first-order chi connectivity index (χ1) is 16.4. The van der Waals surface area contributed by atoms with Gasteiger partial charge in [-0.2, -0.15) is 10.2 Å².